The first kappa shape index (κ1) is 15.5. The maximum atomic E-state index is 13.1. The first-order valence-corrected chi connectivity index (χ1v) is 9.50. The van der Waals surface area contributed by atoms with Crippen molar-refractivity contribution in [2.24, 2.45) is 0 Å². The number of fused-ring (bicyclic) bond motifs is 3. The molecule has 27 heavy (non-hydrogen) atoms. The van der Waals surface area contributed by atoms with Crippen LogP contribution in [-0.2, 0) is 11.0 Å². The van der Waals surface area contributed by atoms with Gasteiger partial charge in [0.1, 0.15) is 11.3 Å². The minimum atomic E-state index is -0.321. The van der Waals surface area contributed by atoms with Crippen LogP contribution in [0.1, 0.15) is 42.9 Å². The van der Waals surface area contributed by atoms with Gasteiger partial charge in [-0.2, -0.15) is 0 Å². The van der Waals surface area contributed by atoms with Crippen LogP contribution in [-0.4, -0.2) is 18.2 Å². The summed E-state index contributed by atoms with van der Waals surface area (Å²) in [5, 5.41) is 0.882. The van der Waals surface area contributed by atoms with Crippen LogP contribution in [0, 0.1) is 0 Å². The minimum Gasteiger partial charge on any atom is -0.473 e. The normalized spacial score (nSPS) is 33.4. The van der Waals surface area contributed by atoms with E-state index in [2.05, 4.69) is 50.1 Å². The van der Waals surface area contributed by atoms with Crippen LogP contribution in [0.15, 0.2) is 57.7 Å². The molecule has 4 heteroatoms. The van der Waals surface area contributed by atoms with Crippen LogP contribution >= 0.6 is 0 Å². The van der Waals surface area contributed by atoms with Crippen molar-refractivity contribution >= 4 is 11.0 Å². The van der Waals surface area contributed by atoms with E-state index >= 15 is 0 Å². The second kappa shape index (κ2) is 4.63. The zero-order valence-corrected chi connectivity index (χ0v) is 15.7. The smallest absolute Gasteiger partial charge is 0.343 e. The molecule has 1 aliphatic carbocycles. The number of ether oxygens (including phenoxy) is 1. The van der Waals surface area contributed by atoms with Crippen LogP contribution < -0.4 is 10.4 Å². The second-order valence-corrected chi connectivity index (χ2v) is 8.64. The average molecular weight is 359 g/mol. The van der Waals surface area contributed by atoms with Gasteiger partial charge in [-0.05, 0) is 43.7 Å². The highest BCUT2D eigenvalue weighted by Crippen LogP contribution is 2.65. The van der Waals surface area contributed by atoms with Crippen molar-refractivity contribution in [2.75, 3.05) is 7.05 Å². The van der Waals surface area contributed by atoms with Crippen LogP contribution in [0.5, 0.6) is 5.75 Å². The van der Waals surface area contributed by atoms with Gasteiger partial charge in [0.05, 0.1) is 10.9 Å². The molecule has 0 amide bonds. The van der Waals surface area contributed by atoms with Gasteiger partial charge in [0.15, 0.2) is 6.23 Å². The predicted molar refractivity (Wildman–Crippen MR) is 103 cm³/mol. The molecule has 1 saturated heterocycles. The Morgan fingerprint density at radius 2 is 1.81 bits per heavy atom. The Balaban J connectivity index is 1.73. The number of rotatable bonds is 0. The van der Waals surface area contributed by atoms with Crippen molar-refractivity contribution in [1.82, 2.24) is 4.90 Å². The number of benzene rings is 2. The third kappa shape index (κ3) is 1.62. The van der Waals surface area contributed by atoms with E-state index in [0.717, 1.165) is 11.8 Å². The molecule has 0 radical (unpaired) electrons. The molecule has 4 bridgehead atoms. The zero-order valence-electron chi connectivity index (χ0n) is 15.7. The summed E-state index contributed by atoms with van der Waals surface area (Å²) in [5.41, 5.74) is 3.18. The lowest BCUT2D eigenvalue weighted by Crippen LogP contribution is -2.69. The van der Waals surface area contributed by atoms with Crippen LogP contribution in [0.25, 0.3) is 11.0 Å². The Bertz CT molecular complexity index is 1180. The van der Waals surface area contributed by atoms with E-state index in [1.54, 1.807) is 0 Å². The first-order chi connectivity index (χ1) is 12.9. The molecule has 3 aliphatic heterocycles. The highest BCUT2D eigenvalue weighted by Gasteiger charge is 2.65. The van der Waals surface area contributed by atoms with Gasteiger partial charge >= 0.3 is 5.63 Å². The molecule has 0 spiro atoms. The summed E-state index contributed by atoms with van der Waals surface area (Å²) in [6.07, 6.45) is 0.773. The molecule has 1 fully saturated rings. The molecule has 7 rings (SSSR count). The molecule has 1 aromatic heterocycles. The first-order valence-electron chi connectivity index (χ1n) is 9.50. The molecule has 136 valence electrons. The standard InChI is InChI=1S/C23H21NO3/c1-22-12-23(2)15-10-6-4-8-13(15)17(22)20(24(23)3)27-19-14-9-5-7-11-16(14)26-21(25)18(19)22/h4-11,17,20H,12H2,1-3H3. The lowest BCUT2D eigenvalue weighted by Gasteiger charge is -2.65. The van der Waals surface area contributed by atoms with E-state index in [1.165, 1.54) is 11.1 Å². The molecule has 4 heterocycles. The summed E-state index contributed by atoms with van der Waals surface area (Å²) in [7, 11) is 2.14. The van der Waals surface area contributed by atoms with Crippen molar-refractivity contribution in [1.29, 1.82) is 0 Å². The van der Waals surface area contributed by atoms with Gasteiger partial charge in [0.2, 0.25) is 0 Å². The van der Waals surface area contributed by atoms with Gasteiger partial charge in [0.25, 0.3) is 0 Å². The highest BCUT2D eigenvalue weighted by molar-refractivity contribution is 5.85. The third-order valence-corrected chi connectivity index (χ3v) is 7.29. The van der Waals surface area contributed by atoms with Crippen molar-refractivity contribution < 1.29 is 9.15 Å². The van der Waals surface area contributed by atoms with Crippen LogP contribution in [0.2, 0.25) is 0 Å². The molecule has 4 unspecified atom stereocenters. The third-order valence-electron chi connectivity index (χ3n) is 7.29. The summed E-state index contributed by atoms with van der Waals surface area (Å²) < 4.78 is 12.3. The van der Waals surface area contributed by atoms with Crippen molar-refractivity contribution in [3.05, 3.63) is 75.6 Å². The second-order valence-electron chi connectivity index (χ2n) is 8.64. The lowest BCUT2D eigenvalue weighted by molar-refractivity contribution is -0.140. The van der Waals surface area contributed by atoms with E-state index in [0.29, 0.717) is 16.9 Å². The Morgan fingerprint density at radius 1 is 1.07 bits per heavy atom. The van der Waals surface area contributed by atoms with Gasteiger partial charge in [-0.3, -0.25) is 4.90 Å². The number of hydrogen-bond donors (Lipinski definition) is 0. The Labute approximate surface area is 157 Å². The van der Waals surface area contributed by atoms with Crippen molar-refractivity contribution in [2.45, 2.75) is 43.4 Å². The molecule has 4 nitrogen and oxygen atoms in total. The van der Waals surface area contributed by atoms with E-state index in [-0.39, 0.29) is 28.7 Å². The van der Waals surface area contributed by atoms with E-state index in [9.17, 15) is 4.79 Å². The molecule has 0 N–H and O–H groups in total. The van der Waals surface area contributed by atoms with E-state index in [1.807, 2.05) is 24.3 Å². The van der Waals surface area contributed by atoms with Gasteiger partial charge in [0, 0.05) is 16.9 Å². The quantitative estimate of drug-likeness (QED) is 0.567. The number of piperidine rings is 1. The average Bonchev–Trinajstić information content (AvgIpc) is 2.65. The molecule has 4 aliphatic rings. The van der Waals surface area contributed by atoms with Crippen molar-refractivity contribution in [3.63, 3.8) is 0 Å². The van der Waals surface area contributed by atoms with E-state index < -0.39 is 0 Å². The molecule has 2 aromatic carbocycles. The van der Waals surface area contributed by atoms with Gasteiger partial charge in [-0.1, -0.05) is 43.3 Å². The fourth-order valence-corrected chi connectivity index (χ4v) is 6.06. The fourth-order valence-electron chi connectivity index (χ4n) is 6.06. The molecule has 3 aromatic rings. The highest BCUT2D eigenvalue weighted by atomic mass is 16.5. The largest absolute Gasteiger partial charge is 0.473 e. The molecule has 0 saturated carbocycles. The predicted octanol–water partition coefficient (Wildman–Crippen LogP) is 4.12. The zero-order chi connectivity index (χ0) is 18.6. The van der Waals surface area contributed by atoms with Gasteiger partial charge in [-0.15, -0.1) is 0 Å². The van der Waals surface area contributed by atoms with Gasteiger partial charge < -0.3 is 9.15 Å². The lowest BCUT2D eigenvalue weighted by atomic mass is 9.51. The topological polar surface area (TPSA) is 42.7 Å². The molecular weight excluding hydrogens is 338 g/mol. The minimum absolute atomic E-state index is 0.0960. The van der Waals surface area contributed by atoms with Crippen LogP contribution in [0.3, 0.4) is 0 Å². The Morgan fingerprint density at radius 3 is 2.67 bits per heavy atom. The Kier molecular flexibility index (Phi) is 2.65. The summed E-state index contributed by atoms with van der Waals surface area (Å²) in [6.45, 7) is 4.49. The monoisotopic (exact) mass is 359 g/mol. The maximum absolute atomic E-state index is 13.1. The molecule has 4 atom stereocenters. The SMILES string of the molecule is CN1C2Oc3c(c(=O)oc4ccccc34)C3(C)CC1(C)c1ccccc1C23. The van der Waals surface area contributed by atoms with Crippen molar-refractivity contribution in [3.8, 4) is 5.75 Å². The maximum Gasteiger partial charge on any atom is 0.343 e. The van der Waals surface area contributed by atoms with E-state index in [4.69, 9.17) is 9.15 Å². The fraction of sp³-hybridized carbons (Fsp3) is 0.348. The summed E-state index contributed by atoms with van der Waals surface area (Å²) in [5.74, 6) is 0.816. The van der Waals surface area contributed by atoms with Gasteiger partial charge in [-0.25, -0.2) is 4.79 Å². The number of para-hydroxylation sites is 1. The summed E-state index contributed by atoms with van der Waals surface area (Å²) in [6, 6.07) is 16.3. The number of likely N-dealkylation sites (N-methyl/N-ethyl adjacent to an activating group) is 1. The number of hydrogen-bond acceptors (Lipinski definition) is 4. The number of nitrogens with zero attached hydrogens (tertiary/aromatic N) is 1. The summed E-state index contributed by atoms with van der Waals surface area (Å²) in [4.78, 5) is 15.5. The molecular formula is C23H21NO3. The Hall–Kier alpha value is -2.59. The van der Waals surface area contributed by atoms with Crippen LogP contribution in [0.4, 0.5) is 0 Å². The summed E-state index contributed by atoms with van der Waals surface area (Å²) >= 11 is 0.